The van der Waals surface area contributed by atoms with E-state index in [1.807, 2.05) is 35.8 Å². The number of benzene rings is 1. The molecule has 4 nitrogen and oxygen atoms in total. The Bertz CT molecular complexity index is 866. The molecule has 0 bridgehead atoms. The molecule has 5 heteroatoms. The number of aromatic nitrogens is 1. The summed E-state index contributed by atoms with van der Waals surface area (Å²) in [6.07, 6.45) is 3.58. The minimum absolute atomic E-state index is 0.304. The number of hydrogen-bond donors (Lipinski definition) is 1. The number of aryl methyl sites for hydroxylation is 1. The van der Waals surface area contributed by atoms with Gasteiger partial charge in [-0.25, -0.2) is 0 Å². The van der Waals surface area contributed by atoms with Gasteiger partial charge in [-0.2, -0.15) is 0 Å². The summed E-state index contributed by atoms with van der Waals surface area (Å²) in [5.74, 6) is 0.496. The van der Waals surface area contributed by atoms with Crippen LogP contribution in [0.1, 0.15) is 27.6 Å². The topological polar surface area (TPSA) is 63.6 Å². The maximum Gasteiger partial charge on any atom is 0.141 e. The number of rotatable bonds is 5. The van der Waals surface area contributed by atoms with Gasteiger partial charge in [0.05, 0.1) is 5.71 Å². The van der Waals surface area contributed by atoms with E-state index >= 15 is 0 Å². The first-order chi connectivity index (χ1) is 12.2. The van der Waals surface area contributed by atoms with Gasteiger partial charge in [-0.1, -0.05) is 35.9 Å². The Kier molecular flexibility index (Phi) is 5.36. The van der Waals surface area contributed by atoms with Crippen LogP contribution >= 0.6 is 11.3 Å². The van der Waals surface area contributed by atoms with Gasteiger partial charge in [0.25, 0.3) is 0 Å². The quantitative estimate of drug-likeness (QED) is 0.559. The maximum atomic E-state index is 6.17. The van der Waals surface area contributed by atoms with Gasteiger partial charge in [0, 0.05) is 35.4 Å². The van der Waals surface area contributed by atoms with Crippen LogP contribution in [0.4, 0.5) is 0 Å². The summed E-state index contributed by atoms with van der Waals surface area (Å²) < 4.78 is 0. The average molecular weight is 348 g/mol. The Hall–Kier alpha value is -2.79. The van der Waals surface area contributed by atoms with E-state index in [1.165, 1.54) is 5.56 Å². The van der Waals surface area contributed by atoms with Crippen molar-refractivity contribution < 1.29 is 0 Å². The van der Waals surface area contributed by atoms with Gasteiger partial charge >= 0.3 is 0 Å². The Morgan fingerprint density at radius 3 is 2.48 bits per heavy atom. The first-order valence-electron chi connectivity index (χ1n) is 8.00. The Labute approximate surface area is 151 Å². The van der Waals surface area contributed by atoms with Gasteiger partial charge in [0.15, 0.2) is 0 Å². The van der Waals surface area contributed by atoms with E-state index in [0.29, 0.717) is 5.84 Å². The molecular weight excluding hydrogens is 328 g/mol. The van der Waals surface area contributed by atoms with Crippen LogP contribution in [0.15, 0.2) is 76.3 Å². The summed E-state index contributed by atoms with van der Waals surface area (Å²) in [6.45, 7) is 2.07. The monoisotopic (exact) mass is 348 g/mol. The van der Waals surface area contributed by atoms with Crippen LogP contribution < -0.4 is 5.73 Å². The van der Waals surface area contributed by atoms with E-state index in [0.717, 1.165) is 21.7 Å². The SMILES string of the molecule is CN=C(N)C(N=C(c1ccc(C)cc1)c1cccnc1)c1cccs1. The predicted molar refractivity (Wildman–Crippen MR) is 106 cm³/mol. The van der Waals surface area contributed by atoms with Gasteiger partial charge < -0.3 is 5.73 Å². The van der Waals surface area contributed by atoms with E-state index < -0.39 is 0 Å². The number of nitrogens with two attached hydrogens (primary N) is 1. The Morgan fingerprint density at radius 1 is 1.08 bits per heavy atom. The van der Waals surface area contributed by atoms with E-state index in [2.05, 4.69) is 41.2 Å². The summed E-state index contributed by atoms with van der Waals surface area (Å²) in [4.78, 5) is 14.5. The molecule has 0 amide bonds. The van der Waals surface area contributed by atoms with Gasteiger partial charge in [-0.3, -0.25) is 15.0 Å². The minimum atomic E-state index is -0.304. The van der Waals surface area contributed by atoms with Gasteiger partial charge in [-0.05, 0) is 30.5 Å². The smallest absolute Gasteiger partial charge is 0.141 e. The molecule has 3 aromatic rings. The molecule has 0 fully saturated rings. The second kappa shape index (κ2) is 7.85. The molecule has 0 aliphatic heterocycles. The highest BCUT2D eigenvalue weighted by Gasteiger charge is 2.18. The zero-order chi connectivity index (χ0) is 17.6. The third kappa shape index (κ3) is 4.00. The van der Waals surface area contributed by atoms with Gasteiger partial charge in [0.1, 0.15) is 11.9 Å². The second-order valence-electron chi connectivity index (χ2n) is 5.65. The molecule has 0 saturated carbocycles. The molecule has 2 aromatic heterocycles. The van der Waals surface area contributed by atoms with Crippen molar-refractivity contribution in [1.82, 2.24) is 4.98 Å². The highest BCUT2D eigenvalue weighted by molar-refractivity contribution is 7.10. The lowest BCUT2D eigenvalue weighted by molar-refractivity contribution is 0.967. The van der Waals surface area contributed by atoms with Crippen molar-refractivity contribution in [2.45, 2.75) is 13.0 Å². The zero-order valence-corrected chi connectivity index (χ0v) is 15.1. The van der Waals surface area contributed by atoms with Crippen LogP contribution in [0.2, 0.25) is 0 Å². The molecule has 0 aliphatic rings. The fourth-order valence-corrected chi connectivity index (χ4v) is 3.28. The van der Waals surface area contributed by atoms with Crippen molar-refractivity contribution in [2.75, 3.05) is 7.05 Å². The normalized spacial score (nSPS) is 13.7. The first-order valence-corrected chi connectivity index (χ1v) is 8.88. The van der Waals surface area contributed by atoms with Crippen molar-refractivity contribution in [2.24, 2.45) is 15.7 Å². The number of hydrogen-bond acceptors (Lipinski definition) is 4. The van der Waals surface area contributed by atoms with Crippen LogP contribution in [0.25, 0.3) is 0 Å². The molecule has 0 saturated heterocycles. The van der Waals surface area contributed by atoms with Crippen LogP contribution in [-0.2, 0) is 0 Å². The van der Waals surface area contributed by atoms with Crippen LogP contribution in [-0.4, -0.2) is 23.6 Å². The number of aliphatic imine (C=N–C) groups is 2. The molecule has 1 atom stereocenters. The van der Waals surface area contributed by atoms with E-state index in [-0.39, 0.29) is 6.04 Å². The van der Waals surface area contributed by atoms with Crippen LogP contribution in [0.3, 0.4) is 0 Å². The van der Waals surface area contributed by atoms with E-state index in [9.17, 15) is 0 Å². The van der Waals surface area contributed by atoms with Gasteiger partial charge in [0.2, 0.25) is 0 Å². The lowest BCUT2D eigenvalue weighted by Crippen LogP contribution is -2.21. The molecule has 0 radical (unpaired) electrons. The third-order valence-corrected chi connectivity index (χ3v) is 4.79. The molecule has 2 heterocycles. The first kappa shape index (κ1) is 17.0. The van der Waals surface area contributed by atoms with Crippen molar-refractivity contribution in [3.8, 4) is 0 Å². The number of pyridine rings is 1. The number of nitrogens with zero attached hydrogens (tertiary/aromatic N) is 3. The lowest BCUT2D eigenvalue weighted by Gasteiger charge is -2.14. The molecule has 3 rings (SSSR count). The summed E-state index contributed by atoms with van der Waals surface area (Å²) in [5, 5.41) is 2.02. The number of thiophene rings is 1. The van der Waals surface area contributed by atoms with Gasteiger partial charge in [-0.15, -0.1) is 11.3 Å². The summed E-state index contributed by atoms with van der Waals surface area (Å²) in [5.41, 5.74) is 10.2. The molecule has 126 valence electrons. The van der Waals surface area contributed by atoms with Crippen LogP contribution in [0, 0.1) is 6.92 Å². The molecule has 25 heavy (non-hydrogen) atoms. The minimum Gasteiger partial charge on any atom is -0.385 e. The van der Waals surface area contributed by atoms with Crippen molar-refractivity contribution in [1.29, 1.82) is 0 Å². The molecule has 1 unspecified atom stereocenters. The molecule has 1 aromatic carbocycles. The zero-order valence-electron chi connectivity index (χ0n) is 14.3. The van der Waals surface area contributed by atoms with E-state index in [1.54, 1.807) is 24.6 Å². The summed E-state index contributed by atoms with van der Waals surface area (Å²) >= 11 is 1.63. The second-order valence-corrected chi connectivity index (χ2v) is 6.63. The lowest BCUT2D eigenvalue weighted by atomic mass is 10.0. The standard InChI is InChI=1S/C20H20N4S/c1-14-7-9-15(10-8-14)18(16-5-3-11-23-13-16)24-19(20(21)22-2)17-6-4-12-25-17/h3-13,19H,1-2H3,(H2,21,22). The van der Waals surface area contributed by atoms with Crippen molar-refractivity contribution >= 4 is 22.9 Å². The van der Waals surface area contributed by atoms with E-state index in [4.69, 9.17) is 10.7 Å². The molecular formula is C20H20N4S. The highest BCUT2D eigenvalue weighted by atomic mass is 32.1. The fourth-order valence-electron chi connectivity index (χ4n) is 2.50. The van der Waals surface area contributed by atoms with Crippen molar-refractivity contribution in [3.05, 3.63) is 87.9 Å². The number of amidine groups is 1. The molecule has 0 spiro atoms. The third-order valence-electron chi connectivity index (χ3n) is 3.87. The largest absolute Gasteiger partial charge is 0.385 e. The van der Waals surface area contributed by atoms with Crippen LogP contribution in [0.5, 0.6) is 0 Å². The molecule has 2 N–H and O–H groups in total. The Balaban J connectivity index is 2.15. The maximum absolute atomic E-state index is 6.17. The molecule has 0 aliphatic carbocycles. The highest BCUT2D eigenvalue weighted by Crippen LogP contribution is 2.25. The predicted octanol–water partition coefficient (Wildman–Crippen LogP) is 4.02. The summed E-state index contributed by atoms with van der Waals surface area (Å²) in [7, 11) is 1.70. The van der Waals surface area contributed by atoms with Crippen molar-refractivity contribution in [3.63, 3.8) is 0 Å². The summed E-state index contributed by atoms with van der Waals surface area (Å²) in [6, 6.07) is 16.0. The average Bonchev–Trinajstić information content (AvgIpc) is 3.18. The fraction of sp³-hybridized carbons (Fsp3) is 0.150. The Morgan fingerprint density at radius 2 is 1.88 bits per heavy atom.